The van der Waals surface area contributed by atoms with Crippen LogP contribution in [0.2, 0.25) is 0 Å². The Bertz CT molecular complexity index is 523. The molecule has 0 radical (unpaired) electrons. The van der Waals surface area contributed by atoms with Crippen LogP contribution in [0.5, 0.6) is 0 Å². The predicted octanol–water partition coefficient (Wildman–Crippen LogP) is 1.40. The van der Waals surface area contributed by atoms with E-state index in [9.17, 15) is 0 Å². The first-order valence-corrected chi connectivity index (χ1v) is 5.65. The SMILES string of the molecule is C1C2=C3NC4=C5C6C7C2C1(CC437)C56. The second kappa shape index (κ2) is 0.813. The zero-order valence-electron chi connectivity index (χ0n) is 7.22. The third-order valence-corrected chi connectivity index (χ3v) is 6.75. The van der Waals surface area contributed by atoms with Gasteiger partial charge in [-0.05, 0) is 53.1 Å². The van der Waals surface area contributed by atoms with Crippen molar-refractivity contribution in [3.63, 3.8) is 0 Å². The van der Waals surface area contributed by atoms with E-state index in [1.54, 1.807) is 17.8 Å². The molecule has 1 heteroatoms. The lowest BCUT2D eigenvalue weighted by atomic mass is 9.49. The van der Waals surface area contributed by atoms with E-state index in [2.05, 4.69) is 5.32 Å². The second-order valence-corrected chi connectivity index (χ2v) is 6.42. The second-order valence-electron chi connectivity index (χ2n) is 6.42. The van der Waals surface area contributed by atoms with Crippen molar-refractivity contribution < 1.29 is 0 Å². The molecule has 4 saturated carbocycles. The highest BCUT2D eigenvalue weighted by atomic mass is 15.2. The van der Waals surface area contributed by atoms with Crippen LogP contribution in [0.1, 0.15) is 12.8 Å². The molecule has 6 unspecified atom stereocenters. The van der Waals surface area contributed by atoms with E-state index >= 15 is 0 Å². The highest BCUT2D eigenvalue weighted by Gasteiger charge is 2.95. The van der Waals surface area contributed by atoms with E-state index in [1.807, 2.05) is 11.1 Å². The van der Waals surface area contributed by atoms with Gasteiger partial charge in [0.15, 0.2) is 0 Å². The Labute approximate surface area is 75.9 Å². The minimum Gasteiger partial charge on any atom is -0.361 e. The van der Waals surface area contributed by atoms with Crippen LogP contribution < -0.4 is 5.32 Å². The van der Waals surface area contributed by atoms with Gasteiger partial charge in [-0.15, -0.1) is 0 Å². The topological polar surface area (TPSA) is 12.0 Å². The smallest absolute Gasteiger partial charge is 0.0548 e. The first-order valence-electron chi connectivity index (χ1n) is 5.65. The molecule has 1 heterocycles. The fraction of sp³-hybridized carbons (Fsp3) is 0.667. The molecule has 1 saturated heterocycles. The van der Waals surface area contributed by atoms with Crippen LogP contribution in [0.3, 0.4) is 0 Å². The maximum Gasteiger partial charge on any atom is 0.0548 e. The lowest BCUT2D eigenvalue weighted by Crippen LogP contribution is -2.57. The summed E-state index contributed by atoms with van der Waals surface area (Å²) in [7, 11) is 0. The van der Waals surface area contributed by atoms with E-state index in [0.29, 0.717) is 5.41 Å². The number of rotatable bonds is 0. The molecule has 0 amide bonds. The molecular weight excluding hydrogens is 158 g/mol. The molecule has 1 N–H and O–H groups in total. The average molecular weight is 167 g/mol. The first-order chi connectivity index (χ1) is 6.40. The average Bonchev–Trinajstić information content (AvgIpc) is 2.51. The molecule has 4 bridgehead atoms. The van der Waals surface area contributed by atoms with E-state index in [0.717, 1.165) is 29.1 Å². The Balaban J connectivity index is 1.93. The van der Waals surface area contributed by atoms with E-state index in [1.165, 1.54) is 6.42 Å². The van der Waals surface area contributed by atoms with Crippen molar-refractivity contribution in [3.05, 3.63) is 22.5 Å². The molecule has 6 atom stereocenters. The molecular formula is C12H9N. The summed E-state index contributed by atoms with van der Waals surface area (Å²) in [6.07, 6.45) is 3.07. The van der Waals surface area contributed by atoms with Gasteiger partial charge in [0.25, 0.3) is 0 Å². The van der Waals surface area contributed by atoms with Gasteiger partial charge < -0.3 is 5.32 Å². The Morgan fingerprint density at radius 1 is 1.23 bits per heavy atom. The molecule has 1 aliphatic heterocycles. The number of fused-ring (bicyclic) bond motifs is 1. The van der Waals surface area contributed by atoms with Gasteiger partial charge >= 0.3 is 0 Å². The fourth-order valence-corrected chi connectivity index (χ4v) is 6.92. The summed E-state index contributed by atoms with van der Waals surface area (Å²) in [5.41, 5.74) is 8.83. The molecule has 13 heavy (non-hydrogen) atoms. The summed E-state index contributed by atoms with van der Waals surface area (Å²) in [5.74, 6) is 4.40. The Morgan fingerprint density at radius 3 is 3.15 bits per heavy atom. The van der Waals surface area contributed by atoms with E-state index in [-0.39, 0.29) is 0 Å². The van der Waals surface area contributed by atoms with Gasteiger partial charge in [0.1, 0.15) is 0 Å². The van der Waals surface area contributed by atoms with Crippen molar-refractivity contribution >= 4 is 0 Å². The molecule has 6 aliphatic carbocycles. The van der Waals surface area contributed by atoms with E-state index < -0.39 is 0 Å². The highest BCUT2D eigenvalue weighted by molar-refractivity contribution is 5.75. The van der Waals surface area contributed by atoms with Crippen LogP contribution in [0.25, 0.3) is 0 Å². The molecule has 7 aliphatic rings. The molecule has 0 aromatic carbocycles. The number of nitrogens with one attached hydrogen (secondary N) is 1. The zero-order chi connectivity index (χ0) is 7.74. The van der Waals surface area contributed by atoms with Crippen LogP contribution in [-0.4, -0.2) is 0 Å². The molecule has 0 aromatic heterocycles. The summed E-state index contributed by atoms with van der Waals surface area (Å²) >= 11 is 0. The normalized spacial score (nSPS) is 78.8. The summed E-state index contributed by atoms with van der Waals surface area (Å²) in [6.45, 7) is 0. The maximum absolute atomic E-state index is 3.71. The Hall–Kier alpha value is -0.720. The molecule has 0 aromatic rings. The quantitative estimate of drug-likeness (QED) is 0.575. The van der Waals surface area contributed by atoms with Gasteiger partial charge in [0, 0.05) is 11.4 Å². The Kier molecular flexibility index (Phi) is 0.293. The third-order valence-electron chi connectivity index (χ3n) is 6.75. The number of hydrogen-bond acceptors (Lipinski definition) is 1. The summed E-state index contributed by atoms with van der Waals surface area (Å²) < 4.78 is 0. The van der Waals surface area contributed by atoms with Crippen molar-refractivity contribution in [2.24, 2.45) is 34.5 Å². The van der Waals surface area contributed by atoms with Crippen molar-refractivity contribution in [3.8, 4) is 0 Å². The van der Waals surface area contributed by atoms with Crippen LogP contribution in [0.4, 0.5) is 0 Å². The summed E-state index contributed by atoms with van der Waals surface area (Å²) in [4.78, 5) is 0. The molecule has 1 spiro atoms. The Morgan fingerprint density at radius 2 is 2.23 bits per heavy atom. The zero-order valence-corrected chi connectivity index (χ0v) is 7.22. The minimum absolute atomic E-state index is 0.687. The minimum atomic E-state index is 0.687. The molecule has 5 fully saturated rings. The summed E-state index contributed by atoms with van der Waals surface area (Å²) in [5, 5.41) is 3.71. The summed E-state index contributed by atoms with van der Waals surface area (Å²) in [6, 6.07) is 0. The highest BCUT2D eigenvalue weighted by Crippen LogP contribution is 3.00. The lowest BCUT2D eigenvalue weighted by molar-refractivity contribution is 0.0721. The van der Waals surface area contributed by atoms with Gasteiger partial charge in [-0.2, -0.15) is 0 Å². The van der Waals surface area contributed by atoms with Crippen LogP contribution in [0, 0.1) is 34.5 Å². The van der Waals surface area contributed by atoms with Crippen LogP contribution in [-0.2, 0) is 0 Å². The predicted molar refractivity (Wildman–Crippen MR) is 45.2 cm³/mol. The standard InChI is InChI=1S/C12H9N/c1-3-6-8-4-5-7(4)11(1,6)2-12(8)9(3)13-10(5)12/h4,6-8,13H,1-2H2. The van der Waals surface area contributed by atoms with Gasteiger partial charge in [-0.25, -0.2) is 0 Å². The number of allylic oxidation sites excluding steroid dienone is 2. The van der Waals surface area contributed by atoms with Crippen molar-refractivity contribution in [1.82, 2.24) is 5.32 Å². The van der Waals surface area contributed by atoms with Crippen molar-refractivity contribution in [2.45, 2.75) is 12.8 Å². The van der Waals surface area contributed by atoms with Crippen molar-refractivity contribution in [1.29, 1.82) is 0 Å². The fourth-order valence-electron chi connectivity index (χ4n) is 6.92. The van der Waals surface area contributed by atoms with Gasteiger partial charge in [0.05, 0.1) is 5.41 Å². The largest absolute Gasteiger partial charge is 0.361 e. The first kappa shape index (κ1) is 4.68. The van der Waals surface area contributed by atoms with E-state index in [4.69, 9.17) is 0 Å². The third kappa shape index (κ3) is 0.176. The maximum atomic E-state index is 3.71. The molecule has 1 nitrogen and oxygen atoms in total. The monoisotopic (exact) mass is 167 g/mol. The van der Waals surface area contributed by atoms with Crippen LogP contribution in [0.15, 0.2) is 22.5 Å². The molecule has 7 rings (SSSR count). The lowest BCUT2D eigenvalue weighted by Gasteiger charge is -2.60. The van der Waals surface area contributed by atoms with Crippen molar-refractivity contribution in [2.75, 3.05) is 0 Å². The number of hydrogen-bond donors (Lipinski definition) is 1. The van der Waals surface area contributed by atoms with Crippen LogP contribution >= 0.6 is 0 Å². The van der Waals surface area contributed by atoms with Gasteiger partial charge in [-0.3, -0.25) is 0 Å². The van der Waals surface area contributed by atoms with Gasteiger partial charge in [0.2, 0.25) is 0 Å². The van der Waals surface area contributed by atoms with Gasteiger partial charge in [-0.1, -0.05) is 0 Å². The molecule has 62 valence electrons.